The van der Waals surface area contributed by atoms with Crippen LogP contribution < -0.4 is 0 Å². The Balaban J connectivity index is 1.60. The molecule has 27 heavy (non-hydrogen) atoms. The molecule has 2 fully saturated rings. The molecule has 2 aliphatic heterocycles. The van der Waals surface area contributed by atoms with Crippen molar-refractivity contribution < 1.29 is 13.2 Å². The Morgan fingerprint density at radius 3 is 2.48 bits per heavy atom. The summed E-state index contributed by atoms with van der Waals surface area (Å²) in [5.74, 6) is 0. The van der Waals surface area contributed by atoms with Crippen LogP contribution >= 0.6 is 0 Å². The first kappa shape index (κ1) is 20.7. The fourth-order valence-corrected chi connectivity index (χ4v) is 5.01. The molecule has 3 heterocycles. The lowest BCUT2D eigenvalue weighted by molar-refractivity contribution is 0.0156. The smallest absolute Gasteiger partial charge is 0.211 e. The van der Waals surface area contributed by atoms with Gasteiger partial charge in [0.15, 0.2) is 0 Å². The highest BCUT2D eigenvalue weighted by atomic mass is 32.2. The fourth-order valence-electron chi connectivity index (χ4n) is 4.13. The Hall–Kier alpha value is -1.06. The van der Waals surface area contributed by atoms with Gasteiger partial charge in [0.05, 0.1) is 6.26 Å². The highest BCUT2D eigenvalue weighted by Gasteiger charge is 2.35. The van der Waals surface area contributed by atoms with Crippen molar-refractivity contribution in [2.24, 2.45) is 0 Å². The summed E-state index contributed by atoms with van der Waals surface area (Å²) in [7, 11) is -0.967. The van der Waals surface area contributed by atoms with Gasteiger partial charge in [-0.25, -0.2) is 12.7 Å². The second kappa shape index (κ2) is 9.43. The van der Waals surface area contributed by atoms with Gasteiger partial charge in [0.2, 0.25) is 10.0 Å². The van der Waals surface area contributed by atoms with Crippen LogP contribution in [-0.2, 0) is 21.3 Å². The van der Waals surface area contributed by atoms with E-state index in [-0.39, 0.29) is 0 Å². The predicted octanol–water partition coefficient (Wildman–Crippen LogP) is 1.03. The van der Waals surface area contributed by atoms with Gasteiger partial charge in [-0.2, -0.15) is 0 Å². The van der Waals surface area contributed by atoms with Crippen molar-refractivity contribution in [2.45, 2.75) is 37.9 Å². The molecule has 0 amide bonds. The van der Waals surface area contributed by atoms with Crippen molar-refractivity contribution >= 4 is 10.0 Å². The van der Waals surface area contributed by atoms with Gasteiger partial charge < -0.3 is 9.64 Å². The Morgan fingerprint density at radius 1 is 1.15 bits per heavy atom. The fraction of sp³-hybridized carbons (Fsp3) is 0.737. The zero-order valence-electron chi connectivity index (χ0n) is 16.5. The molecule has 152 valence electrons. The molecule has 0 spiro atoms. The van der Waals surface area contributed by atoms with E-state index in [2.05, 4.69) is 21.8 Å². The molecular weight excluding hydrogens is 364 g/mol. The molecular formula is C19H32N4O3S. The van der Waals surface area contributed by atoms with E-state index >= 15 is 0 Å². The van der Waals surface area contributed by atoms with Crippen LogP contribution in [0.3, 0.4) is 0 Å². The summed E-state index contributed by atoms with van der Waals surface area (Å²) in [4.78, 5) is 8.95. The average molecular weight is 397 g/mol. The standard InChI is InChI=1S/C19H32N4O3S/c1-21(15-17-3-8-20-9-4-17)11-12-23(18-6-13-26-14-7-18)19-5-10-22(16-19)27(2,24)25/h3-4,8-9,18-19H,5-7,10-16H2,1-2H3. The summed E-state index contributed by atoms with van der Waals surface area (Å²) < 4.78 is 31.0. The normalized spacial score (nSPS) is 22.7. The largest absolute Gasteiger partial charge is 0.381 e. The van der Waals surface area contributed by atoms with Crippen molar-refractivity contribution in [3.05, 3.63) is 30.1 Å². The molecule has 0 N–H and O–H groups in total. The van der Waals surface area contributed by atoms with Crippen LogP contribution in [0.4, 0.5) is 0 Å². The molecule has 1 atom stereocenters. The molecule has 3 rings (SSSR count). The third-order valence-electron chi connectivity index (χ3n) is 5.67. The summed E-state index contributed by atoms with van der Waals surface area (Å²) in [5.41, 5.74) is 1.26. The quantitative estimate of drug-likeness (QED) is 0.654. The van der Waals surface area contributed by atoms with E-state index in [1.807, 2.05) is 24.5 Å². The lowest BCUT2D eigenvalue weighted by Crippen LogP contribution is -2.49. The summed E-state index contributed by atoms with van der Waals surface area (Å²) in [6.45, 7) is 5.65. The number of ether oxygens (including phenoxy) is 1. The molecule has 1 unspecified atom stereocenters. The lowest BCUT2D eigenvalue weighted by atomic mass is 10.0. The zero-order valence-corrected chi connectivity index (χ0v) is 17.3. The van der Waals surface area contributed by atoms with Gasteiger partial charge in [0, 0.05) is 70.4 Å². The van der Waals surface area contributed by atoms with Crippen molar-refractivity contribution in [1.82, 2.24) is 19.1 Å². The Morgan fingerprint density at radius 2 is 1.85 bits per heavy atom. The molecule has 0 aromatic carbocycles. The number of likely N-dealkylation sites (N-methyl/N-ethyl adjacent to an activating group) is 1. The van der Waals surface area contributed by atoms with E-state index in [0.717, 1.165) is 52.1 Å². The number of rotatable bonds is 8. The second-order valence-electron chi connectivity index (χ2n) is 7.74. The summed E-state index contributed by atoms with van der Waals surface area (Å²) in [6, 6.07) is 4.89. The molecule has 0 radical (unpaired) electrons. The number of sulfonamides is 1. The minimum Gasteiger partial charge on any atom is -0.381 e. The molecule has 0 aliphatic carbocycles. The molecule has 1 aromatic rings. The minimum absolute atomic E-state index is 0.303. The second-order valence-corrected chi connectivity index (χ2v) is 9.72. The third kappa shape index (κ3) is 5.96. The van der Waals surface area contributed by atoms with Gasteiger partial charge in [-0.05, 0) is 44.0 Å². The van der Waals surface area contributed by atoms with Crippen LogP contribution in [0.15, 0.2) is 24.5 Å². The Bertz CT molecular complexity index is 679. The van der Waals surface area contributed by atoms with Gasteiger partial charge in [-0.3, -0.25) is 9.88 Å². The highest BCUT2D eigenvalue weighted by Crippen LogP contribution is 2.24. The first-order chi connectivity index (χ1) is 12.9. The highest BCUT2D eigenvalue weighted by molar-refractivity contribution is 7.88. The maximum atomic E-state index is 11.9. The van der Waals surface area contributed by atoms with E-state index in [4.69, 9.17) is 4.74 Å². The first-order valence-electron chi connectivity index (χ1n) is 9.79. The first-order valence-corrected chi connectivity index (χ1v) is 11.6. The van der Waals surface area contributed by atoms with Gasteiger partial charge in [0.25, 0.3) is 0 Å². The van der Waals surface area contributed by atoms with Crippen LogP contribution in [0.2, 0.25) is 0 Å². The molecule has 2 aliphatic rings. The Kier molecular flexibility index (Phi) is 7.22. The number of hydrogen-bond acceptors (Lipinski definition) is 6. The lowest BCUT2D eigenvalue weighted by Gasteiger charge is -2.39. The topological polar surface area (TPSA) is 66.0 Å². The summed E-state index contributed by atoms with van der Waals surface area (Å²) in [6.07, 6.45) is 7.95. The molecule has 0 bridgehead atoms. The minimum atomic E-state index is -3.11. The molecule has 2 saturated heterocycles. The van der Waals surface area contributed by atoms with E-state index in [1.165, 1.54) is 11.8 Å². The van der Waals surface area contributed by atoms with Crippen LogP contribution in [0.1, 0.15) is 24.8 Å². The van der Waals surface area contributed by atoms with Crippen LogP contribution in [0.25, 0.3) is 0 Å². The van der Waals surface area contributed by atoms with E-state index in [1.54, 1.807) is 4.31 Å². The zero-order chi connectivity index (χ0) is 19.3. The average Bonchev–Trinajstić information content (AvgIpc) is 3.14. The van der Waals surface area contributed by atoms with Crippen LogP contribution in [0, 0.1) is 0 Å². The molecule has 0 saturated carbocycles. The monoisotopic (exact) mass is 396 g/mol. The summed E-state index contributed by atoms with van der Waals surface area (Å²) in [5, 5.41) is 0. The number of aromatic nitrogens is 1. The Labute approximate surface area is 163 Å². The number of nitrogens with zero attached hydrogens (tertiary/aromatic N) is 4. The van der Waals surface area contributed by atoms with E-state index in [0.29, 0.717) is 25.2 Å². The molecule has 7 nitrogen and oxygen atoms in total. The van der Waals surface area contributed by atoms with Crippen molar-refractivity contribution in [2.75, 3.05) is 52.7 Å². The molecule has 8 heteroatoms. The van der Waals surface area contributed by atoms with Crippen LogP contribution in [-0.4, -0.2) is 92.3 Å². The van der Waals surface area contributed by atoms with Crippen LogP contribution in [0.5, 0.6) is 0 Å². The maximum Gasteiger partial charge on any atom is 0.211 e. The number of hydrogen-bond donors (Lipinski definition) is 0. The summed E-state index contributed by atoms with van der Waals surface area (Å²) >= 11 is 0. The van der Waals surface area contributed by atoms with Crippen molar-refractivity contribution in [1.29, 1.82) is 0 Å². The van der Waals surface area contributed by atoms with Gasteiger partial charge in [-0.15, -0.1) is 0 Å². The van der Waals surface area contributed by atoms with E-state index in [9.17, 15) is 8.42 Å². The van der Waals surface area contributed by atoms with Gasteiger partial charge in [0.1, 0.15) is 0 Å². The maximum absolute atomic E-state index is 11.9. The molecule has 1 aromatic heterocycles. The third-order valence-corrected chi connectivity index (χ3v) is 6.94. The van der Waals surface area contributed by atoms with E-state index < -0.39 is 10.0 Å². The van der Waals surface area contributed by atoms with Crippen molar-refractivity contribution in [3.63, 3.8) is 0 Å². The SMILES string of the molecule is CN(CCN(C1CCOCC1)C1CCN(S(C)(=O)=O)C1)Cc1ccncc1. The number of pyridine rings is 1. The van der Waals surface area contributed by atoms with Crippen molar-refractivity contribution in [3.8, 4) is 0 Å². The van der Waals surface area contributed by atoms with Gasteiger partial charge >= 0.3 is 0 Å². The van der Waals surface area contributed by atoms with Gasteiger partial charge in [-0.1, -0.05) is 0 Å². The predicted molar refractivity (Wildman–Crippen MR) is 106 cm³/mol.